The number of unbranched alkanes of at least 4 members (excludes halogenated alkanes) is 1. The van der Waals surface area contributed by atoms with Crippen molar-refractivity contribution in [3.05, 3.63) is 29.8 Å². The smallest absolute Gasteiger partial charge is 0.213 e. The Balaban J connectivity index is 0.000000810. The van der Waals surface area contributed by atoms with E-state index in [1.807, 2.05) is 0 Å². The van der Waals surface area contributed by atoms with Crippen molar-refractivity contribution in [1.29, 1.82) is 0 Å². The first kappa shape index (κ1) is 11.0. The molecule has 10 heavy (non-hydrogen) atoms. The predicted octanol–water partition coefficient (Wildman–Crippen LogP) is -0.248. The topological polar surface area (TPSA) is 0 Å². The molecule has 1 aromatic rings. The summed E-state index contributed by atoms with van der Waals surface area (Å²) in [6.07, 6.45) is 3.87. The standard InChI is InChI=1S/C9H13.K/c1-2-3-6-9-7-4-5-8-9;/h4-5,7-8H,2-3,6H2,1H3;/q-1;+1. The van der Waals surface area contributed by atoms with Gasteiger partial charge in [-0.3, -0.25) is 0 Å². The molecule has 0 atom stereocenters. The van der Waals surface area contributed by atoms with Crippen molar-refractivity contribution in [2.45, 2.75) is 26.2 Å². The Hall–Kier alpha value is 0.986. The van der Waals surface area contributed by atoms with E-state index in [-0.39, 0.29) is 51.4 Å². The van der Waals surface area contributed by atoms with Crippen molar-refractivity contribution in [2.75, 3.05) is 0 Å². The molecule has 50 valence electrons. The van der Waals surface area contributed by atoms with E-state index in [9.17, 15) is 0 Å². The van der Waals surface area contributed by atoms with Gasteiger partial charge in [-0.05, 0) is 0 Å². The van der Waals surface area contributed by atoms with Crippen LogP contribution in [0.4, 0.5) is 0 Å². The van der Waals surface area contributed by atoms with Crippen LogP contribution in [0.1, 0.15) is 25.3 Å². The summed E-state index contributed by atoms with van der Waals surface area (Å²) in [5, 5.41) is 0. The molecule has 0 nitrogen and oxygen atoms in total. The molecule has 0 N–H and O–H groups in total. The maximum Gasteiger partial charge on any atom is 1.00 e. The van der Waals surface area contributed by atoms with Gasteiger partial charge in [-0.2, -0.15) is 17.7 Å². The molecule has 0 amide bonds. The van der Waals surface area contributed by atoms with Gasteiger partial charge in [0.05, 0.1) is 0 Å². The van der Waals surface area contributed by atoms with E-state index in [0.29, 0.717) is 0 Å². The molecular weight excluding hydrogens is 147 g/mol. The molecule has 0 radical (unpaired) electrons. The maximum atomic E-state index is 2.23. The Bertz CT molecular complexity index is 142. The van der Waals surface area contributed by atoms with Crippen LogP contribution in [0.2, 0.25) is 0 Å². The summed E-state index contributed by atoms with van der Waals surface area (Å²) in [6.45, 7) is 2.23. The number of aryl methyl sites for hydroxylation is 1. The van der Waals surface area contributed by atoms with Crippen LogP contribution >= 0.6 is 0 Å². The van der Waals surface area contributed by atoms with Gasteiger partial charge in [0.1, 0.15) is 0 Å². The Labute approximate surface area is 106 Å². The van der Waals surface area contributed by atoms with Gasteiger partial charge in [-0.25, -0.2) is 12.1 Å². The molecule has 0 spiro atoms. The number of hydrogen-bond donors (Lipinski definition) is 0. The van der Waals surface area contributed by atoms with Crippen LogP contribution in [0.5, 0.6) is 0 Å². The maximum absolute atomic E-state index is 2.23. The SMILES string of the molecule is CCCC[c-]1cccc1.[K+]. The summed E-state index contributed by atoms with van der Waals surface area (Å²) in [5.41, 5.74) is 1.48. The van der Waals surface area contributed by atoms with Gasteiger partial charge in [-0.15, -0.1) is 0 Å². The van der Waals surface area contributed by atoms with E-state index < -0.39 is 0 Å². The van der Waals surface area contributed by atoms with E-state index in [4.69, 9.17) is 0 Å². The molecule has 0 aliphatic heterocycles. The molecule has 0 heterocycles. The van der Waals surface area contributed by atoms with Crippen LogP contribution < -0.4 is 51.4 Å². The molecule has 0 saturated carbocycles. The summed E-state index contributed by atoms with van der Waals surface area (Å²) in [4.78, 5) is 0. The first-order chi connectivity index (χ1) is 4.43. The summed E-state index contributed by atoms with van der Waals surface area (Å²) < 4.78 is 0. The average Bonchev–Trinajstić information content (AvgIpc) is 2.34. The molecule has 0 aliphatic rings. The second-order valence-electron chi connectivity index (χ2n) is 2.40. The molecule has 0 aromatic heterocycles. The zero-order chi connectivity index (χ0) is 6.53. The van der Waals surface area contributed by atoms with Crippen molar-refractivity contribution >= 4 is 0 Å². The number of rotatable bonds is 3. The summed E-state index contributed by atoms with van der Waals surface area (Å²) >= 11 is 0. The van der Waals surface area contributed by atoms with Gasteiger partial charge in [-0.1, -0.05) is 26.2 Å². The van der Waals surface area contributed by atoms with Crippen LogP contribution in [0.25, 0.3) is 0 Å². The van der Waals surface area contributed by atoms with Gasteiger partial charge in [0.2, 0.25) is 0 Å². The normalized spacial score (nSPS) is 8.90. The second kappa shape index (κ2) is 6.68. The number of hydrogen-bond acceptors (Lipinski definition) is 0. The average molecular weight is 160 g/mol. The van der Waals surface area contributed by atoms with Crippen molar-refractivity contribution < 1.29 is 51.4 Å². The Morgan fingerprint density at radius 1 is 1.20 bits per heavy atom. The van der Waals surface area contributed by atoms with Crippen LogP contribution in [0.15, 0.2) is 24.3 Å². The molecule has 1 aromatic carbocycles. The van der Waals surface area contributed by atoms with Crippen LogP contribution in [0.3, 0.4) is 0 Å². The minimum atomic E-state index is 0. The Morgan fingerprint density at radius 2 is 1.80 bits per heavy atom. The van der Waals surface area contributed by atoms with Gasteiger partial charge >= 0.3 is 51.4 Å². The molecule has 0 aliphatic carbocycles. The van der Waals surface area contributed by atoms with Gasteiger partial charge in [0.25, 0.3) is 0 Å². The van der Waals surface area contributed by atoms with Crippen molar-refractivity contribution in [1.82, 2.24) is 0 Å². The molecule has 0 bridgehead atoms. The van der Waals surface area contributed by atoms with Gasteiger partial charge in [0, 0.05) is 0 Å². The molecule has 0 unspecified atom stereocenters. The van der Waals surface area contributed by atoms with E-state index >= 15 is 0 Å². The fraction of sp³-hybridized carbons (Fsp3) is 0.444. The predicted molar refractivity (Wildman–Crippen MR) is 40.6 cm³/mol. The first-order valence-corrected chi connectivity index (χ1v) is 3.64. The summed E-state index contributed by atoms with van der Waals surface area (Å²) in [6, 6.07) is 8.58. The second-order valence-corrected chi connectivity index (χ2v) is 2.40. The fourth-order valence-corrected chi connectivity index (χ4v) is 0.961. The van der Waals surface area contributed by atoms with E-state index in [0.717, 1.165) is 0 Å². The van der Waals surface area contributed by atoms with E-state index in [1.54, 1.807) is 0 Å². The zero-order valence-electron chi connectivity index (χ0n) is 6.93. The molecule has 1 rings (SSSR count). The summed E-state index contributed by atoms with van der Waals surface area (Å²) in [5.74, 6) is 0. The molecular formula is C9H13K. The minimum Gasteiger partial charge on any atom is -0.213 e. The fourth-order valence-electron chi connectivity index (χ4n) is 0.961. The minimum absolute atomic E-state index is 0. The first-order valence-electron chi connectivity index (χ1n) is 3.64. The monoisotopic (exact) mass is 160 g/mol. The third kappa shape index (κ3) is 3.99. The molecule has 1 heteroatoms. The van der Waals surface area contributed by atoms with Crippen LogP contribution in [-0.2, 0) is 6.42 Å². The zero-order valence-corrected chi connectivity index (χ0v) is 10.1. The Morgan fingerprint density at radius 3 is 2.30 bits per heavy atom. The van der Waals surface area contributed by atoms with Crippen LogP contribution in [0, 0.1) is 0 Å². The van der Waals surface area contributed by atoms with Crippen molar-refractivity contribution in [3.8, 4) is 0 Å². The quantitative estimate of drug-likeness (QED) is 0.423. The summed E-state index contributed by atoms with van der Waals surface area (Å²) in [7, 11) is 0. The third-order valence-corrected chi connectivity index (χ3v) is 1.55. The molecule has 0 saturated heterocycles. The van der Waals surface area contributed by atoms with Gasteiger partial charge < -0.3 is 0 Å². The van der Waals surface area contributed by atoms with Gasteiger partial charge in [0.15, 0.2) is 0 Å². The largest absolute Gasteiger partial charge is 1.00 e. The van der Waals surface area contributed by atoms with Crippen molar-refractivity contribution in [2.24, 2.45) is 0 Å². The third-order valence-electron chi connectivity index (χ3n) is 1.55. The Kier molecular flexibility index (Phi) is 7.34. The van der Waals surface area contributed by atoms with Crippen molar-refractivity contribution in [3.63, 3.8) is 0 Å². The van der Waals surface area contributed by atoms with E-state index in [1.165, 1.54) is 24.8 Å². The molecule has 0 fully saturated rings. The van der Waals surface area contributed by atoms with E-state index in [2.05, 4.69) is 31.2 Å². The van der Waals surface area contributed by atoms with Crippen LogP contribution in [-0.4, -0.2) is 0 Å².